The molecule has 0 amide bonds. The maximum Gasteiger partial charge on any atom is 0.177 e. The van der Waals surface area contributed by atoms with Crippen LogP contribution in [0, 0.1) is 6.92 Å². The number of nitrogens with zero attached hydrogens (tertiary/aromatic N) is 7. The first kappa shape index (κ1) is 16.8. The number of anilines is 1. The Morgan fingerprint density at radius 3 is 2.68 bits per heavy atom. The molecule has 0 radical (unpaired) electrons. The molecule has 1 fully saturated rings. The summed E-state index contributed by atoms with van der Waals surface area (Å²) in [6, 6.07) is 12.1. The summed E-state index contributed by atoms with van der Waals surface area (Å²) in [6.45, 7) is 4.01. The molecule has 5 heterocycles. The second kappa shape index (κ2) is 6.99. The number of rotatable bonds is 3. The van der Waals surface area contributed by atoms with E-state index in [4.69, 9.17) is 5.10 Å². The predicted molar refractivity (Wildman–Crippen MR) is 107 cm³/mol. The van der Waals surface area contributed by atoms with Gasteiger partial charge in [-0.05, 0) is 56.2 Å². The molecule has 0 spiro atoms. The maximum absolute atomic E-state index is 4.80. The van der Waals surface area contributed by atoms with Crippen LogP contribution < -0.4 is 4.90 Å². The van der Waals surface area contributed by atoms with Crippen molar-refractivity contribution in [1.82, 2.24) is 29.8 Å². The van der Waals surface area contributed by atoms with Crippen LogP contribution in [-0.2, 0) is 0 Å². The maximum atomic E-state index is 4.80. The normalized spacial score (nSPS) is 15.2. The standard InChI is InChI=1S/C21H21N7/c1-15-13-18(6-10-23-15)27-11-7-16(8-12-27)21-25-24-20-5-4-19(26-28(20)21)17-3-2-9-22-14-17/h2-6,9-10,13-14,16H,7-8,11-12H2,1H3. The molecule has 0 atom stereocenters. The average molecular weight is 371 g/mol. The first-order chi connectivity index (χ1) is 13.8. The molecule has 1 aliphatic rings. The van der Waals surface area contributed by atoms with E-state index in [1.807, 2.05) is 48.1 Å². The van der Waals surface area contributed by atoms with Crippen LogP contribution >= 0.6 is 0 Å². The zero-order valence-corrected chi connectivity index (χ0v) is 15.7. The fraction of sp³-hybridized carbons (Fsp3) is 0.286. The van der Waals surface area contributed by atoms with E-state index in [9.17, 15) is 0 Å². The van der Waals surface area contributed by atoms with Crippen LogP contribution in [0.25, 0.3) is 16.9 Å². The Balaban J connectivity index is 1.39. The lowest BCUT2D eigenvalue weighted by atomic mass is 9.95. The Kier molecular flexibility index (Phi) is 4.20. The third kappa shape index (κ3) is 3.09. The van der Waals surface area contributed by atoms with Gasteiger partial charge in [-0.3, -0.25) is 9.97 Å². The summed E-state index contributed by atoms with van der Waals surface area (Å²) in [5.74, 6) is 1.30. The molecule has 7 heteroatoms. The molecule has 0 saturated carbocycles. The highest BCUT2D eigenvalue weighted by Gasteiger charge is 2.25. The molecule has 0 N–H and O–H groups in total. The van der Waals surface area contributed by atoms with E-state index in [0.29, 0.717) is 5.92 Å². The van der Waals surface area contributed by atoms with E-state index in [-0.39, 0.29) is 0 Å². The van der Waals surface area contributed by atoms with Gasteiger partial charge < -0.3 is 4.90 Å². The van der Waals surface area contributed by atoms with Crippen molar-refractivity contribution in [3.8, 4) is 11.3 Å². The molecule has 7 nitrogen and oxygen atoms in total. The highest BCUT2D eigenvalue weighted by Crippen LogP contribution is 2.30. The van der Waals surface area contributed by atoms with Gasteiger partial charge in [0.15, 0.2) is 11.5 Å². The number of aromatic nitrogens is 6. The van der Waals surface area contributed by atoms with Crippen LogP contribution in [0.2, 0.25) is 0 Å². The van der Waals surface area contributed by atoms with Gasteiger partial charge in [0.05, 0.1) is 5.69 Å². The lowest BCUT2D eigenvalue weighted by molar-refractivity contribution is 0.477. The molecule has 0 bridgehead atoms. The summed E-state index contributed by atoms with van der Waals surface area (Å²) in [4.78, 5) is 10.9. The third-order valence-electron chi connectivity index (χ3n) is 5.35. The van der Waals surface area contributed by atoms with Crippen LogP contribution in [0.4, 0.5) is 5.69 Å². The summed E-state index contributed by atoms with van der Waals surface area (Å²) in [6.07, 6.45) is 7.53. The molecule has 4 aromatic heterocycles. The van der Waals surface area contributed by atoms with E-state index >= 15 is 0 Å². The fourth-order valence-corrected chi connectivity index (χ4v) is 3.85. The topological polar surface area (TPSA) is 72.1 Å². The van der Waals surface area contributed by atoms with Gasteiger partial charge in [0.25, 0.3) is 0 Å². The van der Waals surface area contributed by atoms with Crippen molar-refractivity contribution in [1.29, 1.82) is 0 Å². The largest absolute Gasteiger partial charge is 0.371 e. The van der Waals surface area contributed by atoms with Gasteiger partial charge in [0.1, 0.15) is 0 Å². The highest BCUT2D eigenvalue weighted by atomic mass is 15.4. The van der Waals surface area contributed by atoms with Gasteiger partial charge in [-0.1, -0.05) is 0 Å². The fourth-order valence-electron chi connectivity index (χ4n) is 3.85. The van der Waals surface area contributed by atoms with E-state index in [1.165, 1.54) is 5.69 Å². The van der Waals surface area contributed by atoms with Crippen LogP contribution in [0.3, 0.4) is 0 Å². The van der Waals surface area contributed by atoms with Gasteiger partial charge in [0.2, 0.25) is 0 Å². The number of aryl methyl sites for hydroxylation is 1. The second-order valence-electron chi connectivity index (χ2n) is 7.21. The minimum atomic E-state index is 0.353. The van der Waals surface area contributed by atoms with Crippen molar-refractivity contribution in [2.75, 3.05) is 18.0 Å². The Morgan fingerprint density at radius 2 is 1.89 bits per heavy atom. The molecule has 0 aromatic carbocycles. The van der Waals surface area contributed by atoms with Crippen LogP contribution in [-0.4, -0.2) is 42.9 Å². The monoisotopic (exact) mass is 371 g/mol. The SMILES string of the molecule is Cc1cc(N2CCC(c3nnc4ccc(-c5cccnc5)nn34)CC2)ccn1. The van der Waals surface area contributed by atoms with Crippen molar-refractivity contribution in [3.63, 3.8) is 0 Å². The summed E-state index contributed by atoms with van der Waals surface area (Å²) >= 11 is 0. The molecule has 4 aromatic rings. The Labute approximate surface area is 163 Å². The van der Waals surface area contributed by atoms with Gasteiger partial charge in [-0.25, -0.2) is 0 Å². The van der Waals surface area contributed by atoms with E-state index in [1.54, 1.807) is 6.20 Å². The Morgan fingerprint density at radius 1 is 1.00 bits per heavy atom. The number of hydrogen-bond acceptors (Lipinski definition) is 6. The summed E-state index contributed by atoms with van der Waals surface area (Å²) in [5.41, 5.74) is 4.96. The van der Waals surface area contributed by atoms with Gasteiger partial charge in [0, 0.05) is 54.5 Å². The first-order valence-corrected chi connectivity index (χ1v) is 9.58. The summed E-state index contributed by atoms with van der Waals surface area (Å²) in [5, 5.41) is 13.6. The second-order valence-corrected chi connectivity index (χ2v) is 7.21. The molecular weight excluding hydrogens is 350 g/mol. The Bertz CT molecular complexity index is 1100. The van der Waals surface area contributed by atoms with Crippen LogP contribution in [0.5, 0.6) is 0 Å². The van der Waals surface area contributed by atoms with Gasteiger partial charge >= 0.3 is 0 Å². The lowest BCUT2D eigenvalue weighted by Crippen LogP contribution is -2.33. The van der Waals surface area contributed by atoms with Crippen LogP contribution in [0.15, 0.2) is 55.0 Å². The number of piperidine rings is 1. The summed E-state index contributed by atoms with van der Waals surface area (Å²) < 4.78 is 1.90. The van der Waals surface area contributed by atoms with Gasteiger partial charge in [-0.2, -0.15) is 9.61 Å². The molecule has 28 heavy (non-hydrogen) atoms. The number of pyridine rings is 2. The highest BCUT2D eigenvalue weighted by molar-refractivity contribution is 5.58. The molecule has 1 aliphatic heterocycles. The zero-order valence-electron chi connectivity index (χ0n) is 15.7. The summed E-state index contributed by atoms with van der Waals surface area (Å²) in [7, 11) is 0. The molecular formula is C21H21N7. The minimum Gasteiger partial charge on any atom is -0.371 e. The molecule has 0 aliphatic carbocycles. The van der Waals surface area contributed by atoms with Crippen molar-refractivity contribution < 1.29 is 0 Å². The quantitative estimate of drug-likeness (QED) is 0.550. The number of hydrogen-bond donors (Lipinski definition) is 0. The molecule has 1 saturated heterocycles. The number of fused-ring (bicyclic) bond motifs is 1. The molecule has 0 unspecified atom stereocenters. The van der Waals surface area contributed by atoms with Crippen LogP contribution in [0.1, 0.15) is 30.3 Å². The zero-order chi connectivity index (χ0) is 18.9. The molecule has 140 valence electrons. The van der Waals surface area contributed by atoms with E-state index in [0.717, 1.165) is 54.4 Å². The van der Waals surface area contributed by atoms with Crippen molar-refractivity contribution in [3.05, 3.63) is 66.5 Å². The minimum absolute atomic E-state index is 0.353. The Hall–Kier alpha value is -3.35. The van der Waals surface area contributed by atoms with Crippen molar-refractivity contribution in [2.24, 2.45) is 0 Å². The molecule has 5 rings (SSSR count). The van der Waals surface area contributed by atoms with Crippen molar-refractivity contribution >= 4 is 11.3 Å². The van der Waals surface area contributed by atoms with Gasteiger partial charge in [-0.15, -0.1) is 10.2 Å². The predicted octanol–water partition coefficient (Wildman–Crippen LogP) is 3.27. The van der Waals surface area contributed by atoms with Crippen molar-refractivity contribution in [2.45, 2.75) is 25.7 Å². The van der Waals surface area contributed by atoms with E-state index < -0.39 is 0 Å². The first-order valence-electron chi connectivity index (χ1n) is 9.58. The third-order valence-corrected chi connectivity index (χ3v) is 5.35. The smallest absolute Gasteiger partial charge is 0.177 e. The van der Waals surface area contributed by atoms with E-state index in [2.05, 4.69) is 37.2 Å². The average Bonchev–Trinajstić information content (AvgIpc) is 3.18. The lowest BCUT2D eigenvalue weighted by Gasteiger charge is -2.32.